The molecule has 0 bridgehead atoms. The van der Waals surface area contributed by atoms with E-state index >= 15 is 0 Å². The van der Waals surface area contributed by atoms with Crippen molar-refractivity contribution in [2.75, 3.05) is 21.3 Å². The van der Waals surface area contributed by atoms with Gasteiger partial charge in [-0.25, -0.2) is 9.80 Å². The lowest BCUT2D eigenvalue weighted by atomic mass is 9.84. The van der Waals surface area contributed by atoms with Crippen molar-refractivity contribution in [1.82, 2.24) is 0 Å². The van der Waals surface area contributed by atoms with E-state index in [1.165, 1.54) is 12.1 Å². The summed E-state index contributed by atoms with van der Waals surface area (Å²) in [5, 5.41) is 0. The SMILES string of the molecule is Nc1ccc(N2C(=O)CC3(CC(=O)N(c4ccc(N)cc4Br)C3=O)C2=O)c(Br)c1. The van der Waals surface area contributed by atoms with Crippen LogP contribution in [0.3, 0.4) is 0 Å². The highest BCUT2D eigenvalue weighted by molar-refractivity contribution is 9.11. The van der Waals surface area contributed by atoms with Gasteiger partial charge in [-0.1, -0.05) is 0 Å². The number of carbonyl (C=O) groups excluding carboxylic acids is 4. The van der Waals surface area contributed by atoms with Gasteiger partial charge in [0.15, 0.2) is 0 Å². The van der Waals surface area contributed by atoms with Crippen LogP contribution in [0.4, 0.5) is 22.7 Å². The Labute approximate surface area is 182 Å². The summed E-state index contributed by atoms with van der Waals surface area (Å²) in [5.74, 6) is -2.56. The summed E-state index contributed by atoms with van der Waals surface area (Å²) >= 11 is 6.59. The maximum Gasteiger partial charge on any atom is 0.250 e. The Balaban J connectivity index is 1.75. The number of hydrogen-bond donors (Lipinski definition) is 2. The Morgan fingerprint density at radius 2 is 1.10 bits per heavy atom. The molecule has 0 unspecified atom stereocenters. The molecule has 10 heteroatoms. The van der Waals surface area contributed by atoms with E-state index in [0.717, 1.165) is 9.80 Å². The van der Waals surface area contributed by atoms with Gasteiger partial charge in [-0.3, -0.25) is 19.2 Å². The topological polar surface area (TPSA) is 127 Å². The lowest BCUT2D eigenvalue weighted by molar-refractivity contribution is -0.136. The van der Waals surface area contributed by atoms with Crippen LogP contribution in [0, 0.1) is 5.41 Å². The summed E-state index contributed by atoms with van der Waals surface area (Å²) in [4.78, 5) is 53.9. The number of nitrogens with zero attached hydrogens (tertiary/aromatic N) is 2. The van der Waals surface area contributed by atoms with Crippen LogP contribution >= 0.6 is 31.9 Å². The maximum atomic E-state index is 13.3. The van der Waals surface area contributed by atoms with Crippen molar-refractivity contribution in [3.05, 3.63) is 45.3 Å². The Bertz CT molecular complexity index is 1030. The third-order valence-corrected chi connectivity index (χ3v) is 6.33. The van der Waals surface area contributed by atoms with Gasteiger partial charge in [0.1, 0.15) is 5.41 Å². The summed E-state index contributed by atoms with van der Waals surface area (Å²) < 4.78 is 0.873. The average Bonchev–Trinajstić information content (AvgIpc) is 3.02. The molecule has 4 N–H and O–H groups in total. The molecule has 4 rings (SSSR count). The van der Waals surface area contributed by atoms with Gasteiger partial charge in [-0.2, -0.15) is 0 Å². The van der Waals surface area contributed by atoms with Crippen LogP contribution in [-0.2, 0) is 19.2 Å². The van der Waals surface area contributed by atoms with Gasteiger partial charge in [-0.15, -0.1) is 0 Å². The van der Waals surface area contributed by atoms with Crippen LogP contribution in [0.2, 0.25) is 0 Å². The molecule has 2 fully saturated rings. The number of halogens is 2. The zero-order valence-electron chi connectivity index (χ0n) is 14.8. The summed E-state index contributed by atoms with van der Waals surface area (Å²) in [6.07, 6.45) is -0.757. The largest absolute Gasteiger partial charge is 0.399 e. The van der Waals surface area contributed by atoms with Crippen LogP contribution in [-0.4, -0.2) is 23.6 Å². The summed E-state index contributed by atoms with van der Waals surface area (Å²) in [6.45, 7) is 0. The predicted molar refractivity (Wildman–Crippen MR) is 114 cm³/mol. The fraction of sp³-hybridized carbons (Fsp3) is 0.158. The molecule has 148 valence electrons. The molecule has 2 aliphatic heterocycles. The van der Waals surface area contributed by atoms with Gasteiger partial charge in [0.05, 0.1) is 24.2 Å². The molecule has 0 atom stereocenters. The standard InChI is InChI=1S/C19H14Br2N4O4/c20-11-5-9(22)1-3-13(11)24-15(26)7-19(17(24)28)8-16(27)25(18(19)29)14-4-2-10(23)6-12(14)21/h1-6H,7-8,22-23H2. The van der Waals surface area contributed by atoms with E-state index in [4.69, 9.17) is 11.5 Å². The number of anilines is 4. The second kappa shape index (κ2) is 6.67. The van der Waals surface area contributed by atoms with Gasteiger partial charge in [-0.05, 0) is 68.3 Å². The zero-order valence-corrected chi connectivity index (χ0v) is 18.0. The molecular formula is C19H14Br2N4O4. The molecule has 4 amide bonds. The van der Waals surface area contributed by atoms with Crippen molar-refractivity contribution in [3.8, 4) is 0 Å². The first-order chi connectivity index (χ1) is 13.7. The van der Waals surface area contributed by atoms with Crippen LogP contribution in [0.5, 0.6) is 0 Å². The Morgan fingerprint density at radius 1 is 0.724 bits per heavy atom. The molecule has 2 saturated heterocycles. The lowest BCUT2D eigenvalue weighted by Crippen LogP contribution is -2.42. The third kappa shape index (κ3) is 2.85. The molecule has 2 aliphatic rings. The molecule has 2 heterocycles. The zero-order chi connectivity index (χ0) is 21.1. The van der Waals surface area contributed by atoms with E-state index in [1.54, 1.807) is 24.3 Å². The molecule has 0 aliphatic carbocycles. The smallest absolute Gasteiger partial charge is 0.250 e. The van der Waals surface area contributed by atoms with Crippen LogP contribution in [0.15, 0.2) is 45.3 Å². The molecule has 0 radical (unpaired) electrons. The summed E-state index contributed by atoms with van der Waals surface area (Å²) in [7, 11) is 0. The Kier molecular flexibility index (Phi) is 4.50. The minimum Gasteiger partial charge on any atom is -0.399 e. The number of imide groups is 2. The second-order valence-electron chi connectivity index (χ2n) is 6.93. The first-order valence-electron chi connectivity index (χ1n) is 8.50. The molecule has 0 saturated carbocycles. The van der Waals surface area contributed by atoms with E-state index in [-0.39, 0.29) is 24.2 Å². The Morgan fingerprint density at radius 3 is 1.45 bits per heavy atom. The van der Waals surface area contributed by atoms with Crippen LogP contribution < -0.4 is 21.3 Å². The fourth-order valence-electron chi connectivity index (χ4n) is 3.68. The molecule has 29 heavy (non-hydrogen) atoms. The van der Waals surface area contributed by atoms with Crippen molar-refractivity contribution in [1.29, 1.82) is 0 Å². The number of hydrogen-bond acceptors (Lipinski definition) is 6. The van der Waals surface area contributed by atoms with Crippen molar-refractivity contribution in [3.63, 3.8) is 0 Å². The third-order valence-electron chi connectivity index (χ3n) is 5.06. The predicted octanol–water partition coefficient (Wildman–Crippen LogP) is 2.59. The average molecular weight is 522 g/mol. The molecule has 1 spiro atoms. The molecule has 8 nitrogen and oxygen atoms in total. The lowest BCUT2D eigenvalue weighted by Gasteiger charge is -2.22. The normalized spacial score (nSPS) is 18.4. The van der Waals surface area contributed by atoms with E-state index in [2.05, 4.69) is 31.9 Å². The first-order valence-corrected chi connectivity index (χ1v) is 10.1. The Hall–Kier alpha value is -2.72. The number of carbonyl (C=O) groups is 4. The minimum absolute atomic E-state index is 0.276. The van der Waals surface area contributed by atoms with Crippen molar-refractivity contribution >= 4 is 78.2 Å². The highest BCUT2D eigenvalue weighted by atomic mass is 79.9. The number of rotatable bonds is 2. The van der Waals surface area contributed by atoms with Gasteiger partial charge in [0.2, 0.25) is 11.8 Å². The van der Waals surface area contributed by atoms with Crippen molar-refractivity contribution < 1.29 is 19.2 Å². The van der Waals surface area contributed by atoms with Gasteiger partial charge in [0.25, 0.3) is 11.8 Å². The van der Waals surface area contributed by atoms with E-state index in [0.29, 0.717) is 20.3 Å². The molecular weight excluding hydrogens is 508 g/mol. The number of benzene rings is 2. The molecule has 0 aromatic heterocycles. The molecule has 2 aromatic carbocycles. The van der Waals surface area contributed by atoms with E-state index < -0.39 is 29.0 Å². The maximum absolute atomic E-state index is 13.3. The van der Waals surface area contributed by atoms with Crippen molar-refractivity contribution in [2.45, 2.75) is 12.8 Å². The fourth-order valence-corrected chi connectivity index (χ4v) is 4.83. The van der Waals surface area contributed by atoms with Gasteiger partial charge < -0.3 is 11.5 Å². The van der Waals surface area contributed by atoms with E-state index in [1.807, 2.05) is 0 Å². The number of nitrogens with two attached hydrogens (primary N) is 2. The van der Waals surface area contributed by atoms with Gasteiger partial charge in [0, 0.05) is 20.3 Å². The highest BCUT2D eigenvalue weighted by Crippen LogP contribution is 2.48. The summed E-state index contributed by atoms with van der Waals surface area (Å²) in [5.41, 5.74) is 11.1. The number of nitrogen functional groups attached to an aromatic ring is 2. The summed E-state index contributed by atoms with van der Waals surface area (Å²) in [6, 6.07) is 9.24. The second-order valence-corrected chi connectivity index (χ2v) is 8.63. The highest BCUT2D eigenvalue weighted by Gasteiger charge is 2.64. The monoisotopic (exact) mass is 520 g/mol. The quantitative estimate of drug-likeness (QED) is 0.355. The van der Waals surface area contributed by atoms with E-state index in [9.17, 15) is 19.2 Å². The minimum atomic E-state index is -1.75. The first kappa shape index (κ1) is 19.6. The van der Waals surface area contributed by atoms with Crippen molar-refractivity contribution in [2.24, 2.45) is 5.41 Å². The number of amides is 4. The van der Waals surface area contributed by atoms with Gasteiger partial charge >= 0.3 is 0 Å². The van der Waals surface area contributed by atoms with Crippen LogP contribution in [0.1, 0.15) is 12.8 Å². The van der Waals surface area contributed by atoms with Crippen LogP contribution in [0.25, 0.3) is 0 Å². The molecule has 2 aromatic rings.